The van der Waals surface area contributed by atoms with Gasteiger partial charge in [0, 0.05) is 16.5 Å². The van der Waals surface area contributed by atoms with Crippen LogP contribution in [0.5, 0.6) is 0 Å². The summed E-state index contributed by atoms with van der Waals surface area (Å²) in [5.41, 5.74) is 13.2. The first-order valence-electron chi connectivity index (χ1n) is 16.8. The van der Waals surface area contributed by atoms with Gasteiger partial charge >= 0.3 is 0 Å². The van der Waals surface area contributed by atoms with Gasteiger partial charge in [-0.15, -0.1) is 0 Å². The SMILES string of the molecule is C(=C(/c1ccccc1)c1ccc(-c2ccc3c(c2)c2cc(-c4ccccc4)ccc2n3-c2ccccc2)cc1)/c1cccc2ccccc12. The highest BCUT2D eigenvalue weighted by atomic mass is 15.0. The molecule has 0 amide bonds. The number of hydrogen-bond donors (Lipinski definition) is 0. The Morgan fingerprint density at radius 3 is 1.55 bits per heavy atom. The van der Waals surface area contributed by atoms with Crippen molar-refractivity contribution in [2.24, 2.45) is 0 Å². The predicted octanol–water partition coefficient (Wildman–Crippen LogP) is 12.9. The van der Waals surface area contributed by atoms with Crippen molar-refractivity contribution in [2.75, 3.05) is 0 Å². The van der Waals surface area contributed by atoms with E-state index in [1.54, 1.807) is 0 Å². The van der Waals surface area contributed by atoms with Crippen LogP contribution in [-0.2, 0) is 0 Å². The van der Waals surface area contributed by atoms with Gasteiger partial charge in [-0.25, -0.2) is 0 Å². The minimum atomic E-state index is 1.17. The number of para-hydroxylation sites is 1. The van der Waals surface area contributed by atoms with Gasteiger partial charge in [-0.3, -0.25) is 0 Å². The van der Waals surface area contributed by atoms with Crippen LogP contribution in [0.15, 0.2) is 194 Å². The lowest BCUT2D eigenvalue weighted by Crippen LogP contribution is -1.93. The van der Waals surface area contributed by atoms with Crippen molar-refractivity contribution in [3.8, 4) is 27.9 Å². The molecule has 0 aliphatic rings. The first-order chi connectivity index (χ1) is 24.3. The minimum absolute atomic E-state index is 1.17. The monoisotopic (exact) mass is 623 g/mol. The first-order valence-corrected chi connectivity index (χ1v) is 16.8. The Kier molecular flexibility index (Phi) is 7.22. The zero-order chi connectivity index (χ0) is 32.6. The number of aromatic nitrogens is 1. The molecular weight excluding hydrogens is 591 g/mol. The molecule has 0 aliphatic heterocycles. The molecule has 0 spiro atoms. The van der Waals surface area contributed by atoms with Crippen LogP contribution in [0.2, 0.25) is 0 Å². The fraction of sp³-hybridized carbons (Fsp3) is 0. The molecule has 0 fully saturated rings. The molecule has 0 atom stereocenters. The maximum absolute atomic E-state index is 2.39. The molecule has 0 N–H and O–H groups in total. The summed E-state index contributed by atoms with van der Waals surface area (Å²) in [4.78, 5) is 0. The maximum Gasteiger partial charge on any atom is 0.0541 e. The van der Waals surface area contributed by atoms with Crippen molar-refractivity contribution in [3.05, 3.63) is 211 Å². The van der Waals surface area contributed by atoms with Gasteiger partial charge in [0.15, 0.2) is 0 Å². The molecule has 9 rings (SSSR count). The van der Waals surface area contributed by atoms with Gasteiger partial charge in [-0.1, -0.05) is 158 Å². The van der Waals surface area contributed by atoms with Gasteiger partial charge < -0.3 is 4.57 Å². The Balaban J connectivity index is 1.17. The van der Waals surface area contributed by atoms with Gasteiger partial charge in [0.1, 0.15) is 0 Å². The number of benzene rings is 8. The smallest absolute Gasteiger partial charge is 0.0541 e. The maximum atomic E-state index is 2.39. The van der Waals surface area contributed by atoms with E-state index in [1.807, 2.05) is 0 Å². The average molecular weight is 624 g/mol. The summed E-state index contributed by atoms with van der Waals surface area (Å²) in [6.45, 7) is 0. The van der Waals surface area contributed by atoms with Crippen LogP contribution in [0.3, 0.4) is 0 Å². The van der Waals surface area contributed by atoms with Crippen LogP contribution < -0.4 is 0 Å². The molecule has 0 bridgehead atoms. The van der Waals surface area contributed by atoms with E-state index in [-0.39, 0.29) is 0 Å². The number of nitrogens with zero attached hydrogens (tertiary/aromatic N) is 1. The largest absolute Gasteiger partial charge is 0.309 e. The standard InChI is InChI=1S/C48H33N/c1-4-13-34(14-5-1)39-27-29-47-45(31-39)46-32-40(28-30-48(46)49(47)42-20-8-3-9-21-42)35-23-25-38(26-24-35)44(37-15-6-2-7-16-37)33-41-19-12-18-36-17-10-11-22-43(36)41/h1-33H/b44-33+. The molecule has 49 heavy (non-hydrogen) atoms. The van der Waals surface area contributed by atoms with Crippen LogP contribution >= 0.6 is 0 Å². The molecule has 9 aromatic rings. The molecule has 0 saturated heterocycles. The minimum Gasteiger partial charge on any atom is -0.309 e. The predicted molar refractivity (Wildman–Crippen MR) is 209 cm³/mol. The summed E-state index contributed by atoms with van der Waals surface area (Å²) in [7, 11) is 0. The molecule has 1 heteroatoms. The van der Waals surface area contributed by atoms with E-state index in [0.717, 1.165) is 0 Å². The van der Waals surface area contributed by atoms with Gasteiger partial charge in [-0.05, 0) is 97.8 Å². The lowest BCUT2D eigenvalue weighted by Gasteiger charge is -2.12. The topological polar surface area (TPSA) is 4.93 Å². The second-order valence-corrected chi connectivity index (χ2v) is 12.6. The molecule has 230 valence electrons. The highest BCUT2D eigenvalue weighted by Crippen LogP contribution is 2.38. The van der Waals surface area contributed by atoms with Crippen LogP contribution in [0, 0.1) is 0 Å². The molecule has 0 aliphatic carbocycles. The van der Waals surface area contributed by atoms with Gasteiger partial charge in [-0.2, -0.15) is 0 Å². The van der Waals surface area contributed by atoms with Crippen molar-refractivity contribution >= 4 is 44.2 Å². The van der Waals surface area contributed by atoms with Crippen LogP contribution in [0.4, 0.5) is 0 Å². The Morgan fingerprint density at radius 2 is 0.878 bits per heavy atom. The number of fused-ring (bicyclic) bond motifs is 4. The highest BCUT2D eigenvalue weighted by Gasteiger charge is 2.15. The summed E-state index contributed by atoms with van der Waals surface area (Å²) in [6, 6.07) is 70.0. The zero-order valence-electron chi connectivity index (χ0n) is 27.0. The Morgan fingerprint density at radius 1 is 0.367 bits per heavy atom. The summed E-state index contributed by atoms with van der Waals surface area (Å²) in [5, 5.41) is 5.01. The van der Waals surface area contributed by atoms with E-state index in [0.29, 0.717) is 0 Å². The highest BCUT2D eigenvalue weighted by molar-refractivity contribution is 6.11. The van der Waals surface area contributed by atoms with E-state index in [4.69, 9.17) is 0 Å². The van der Waals surface area contributed by atoms with Crippen LogP contribution in [0.1, 0.15) is 16.7 Å². The third kappa shape index (κ3) is 5.32. The van der Waals surface area contributed by atoms with Crippen molar-refractivity contribution < 1.29 is 0 Å². The molecule has 1 nitrogen and oxygen atoms in total. The summed E-state index contributed by atoms with van der Waals surface area (Å²) in [5.74, 6) is 0. The molecule has 8 aromatic carbocycles. The van der Waals surface area contributed by atoms with E-state index in [1.165, 1.54) is 82.8 Å². The number of hydrogen-bond acceptors (Lipinski definition) is 0. The lowest BCUT2D eigenvalue weighted by atomic mass is 9.92. The van der Waals surface area contributed by atoms with Gasteiger partial charge in [0.25, 0.3) is 0 Å². The van der Waals surface area contributed by atoms with Crippen LogP contribution in [0.25, 0.3) is 72.2 Å². The van der Waals surface area contributed by atoms with Crippen molar-refractivity contribution in [1.29, 1.82) is 0 Å². The van der Waals surface area contributed by atoms with E-state index in [9.17, 15) is 0 Å². The van der Waals surface area contributed by atoms with E-state index in [2.05, 4.69) is 205 Å². The Hall–Kier alpha value is -6.44. The molecule has 1 heterocycles. The average Bonchev–Trinajstić information content (AvgIpc) is 3.51. The van der Waals surface area contributed by atoms with Crippen molar-refractivity contribution in [1.82, 2.24) is 4.57 Å². The summed E-state index contributed by atoms with van der Waals surface area (Å²) >= 11 is 0. The zero-order valence-corrected chi connectivity index (χ0v) is 27.0. The first kappa shape index (κ1) is 28.8. The second-order valence-electron chi connectivity index (χ2n) is 12.6. The van der Waals surface area contributed by atoms with Gasteiger partial charge in [0.05, 0.1) is 11.0 Å². The third-order valence-electron chi connectivity index (χ3n) is 9.62. The number of rotatable bonds is 6. The molecule has 0 saturated carbocycles. The van der Waals surface area contributed by atoms with Crippen LogP contribution in [-0.4, -0.2) is 4.57 Å². The molecule has 1 aromatic heterocycles. The van der Waals surface area contributed by atoms with Crippen molar-refractivity contribution in [3.63, 3.8) is 0 Å². The van der Waals surface area contributed by atoms with Crippen molar-refractivity contribution in [2.45, 2.75) is 0 Å². The van der Waals surface area contributed by atoms with Gasteiger partial charge in [0.2, 0.25) is 0 Å². The molecular formula is C48H33N. The Bertz CT molecular complexity index is 2600. The quantitative estimate of drug-likeness (QED) is 0.162. The molecule has 0 unspecified atom stereocenters. The fourth-order valence-electron chi connectivity index (χ4n) is 7.19. The summed E-state index contributed by atoms with van der Waals surface area (Å²) < 4.78 is 2.39. The fourth-order valence-corrected chi connectivity index (χ4v) is 7.19. The second kappa shape index (κ2) is 12.3. The van der Waals surface area contributed by atoms with E-state index < -0.39 is 0 Å². The normalized spacial score (nSPS) is 11.8. The Labute approximate surface area is 286 Å². The lowest BCUT2D eigenvalue weighted by molar-refractivity contribution is 1.18. The summed E-state index contributed by atoms with van der Waals surface area (Å²) in [6.07, 6.45) is 2.33. The molecule has 0 radical (unpaired) electrons. The van der Waals surface area contributed by atoms with E-state index >= 15 is 0 Å². The third-order valence-corrected chi connectivity index (χ3v) is 9.62.